The van der Waals surface area contributed by atoms with Crippen LogP contribution in [-0.2, 0) is 6.54 Å². The normalized spacial score (nSPS) is 10.7. The van der Waals surface area contributed by atoms with Gasteiger partial charge >= 0.3 is 0 Å². The Morgan fingerprint density at radius 3 is 2.75 bits per heavy atom. The number of hydrogen-bond donors (Lipinski definition) is 1. The summed E-state index contributed by atoms with van der Waals surface area (Å²) in [5, 5.41) is 0.602. The average Bonchev–Trinajstić information content (AvgIpc) is 2.90. The number of fused-ring (bicyclic) bond motifs is 1. The zero-order valence-electron chi connectivity index (χ0n) is 11.0. The standard InChI is InChI=1S/C15H14N2O2S/c1-18-13-8-10(9-16)6-7-12(13)19-15-17-11-4-2-3-5-14(11)20-15/h2-8H,9,16H2,1H3. The number of para-hydroxylation sites is 1. The quantitative estimate of drug-likeness (QED) is 0.796. The third kappa shape index (κ3) is 2.45. The number of methoxy groups -OCH3 is 1. The van der Waals surface area contributed by atoms with Crippen molar-refractivity contribution >= 4 is 21.6 Å². The van der Waals surface area contributed by atoms with Gasteiger partial charge in [-0.25, -0.2) is 4.98 Å². The number of nitrogens with zero attached hydrogens (tertiary/aromatic N) is 1. The highest BCUT2D eigenvalue weighted by atomic mass is 32.1. The third-order valence-electron chi connectivity index (χ3n) is 2.94. The fourth-order valence-corrected chi connectivity index (χ4v) is 2.74. The van der Waals surface area contributed by atoms with E-state index in [1.165, 1.54) is 11.3 Å². The van der Waals surface area contributed by atoms with Crippen LogP contribution in [0.15, 0.2) is 42.5 Å². The summed E-state index contributed by atoms with van der Waals surface area (Å²) < 4.78 is 12.3. The molecule has 0 aliphatic rings. The van der Waals surface area contributed by atoms with Gasteiger partial charge in [0.05, 0.1) is 17.3 Å². The first-order valence-corrected chi connectivity index (χ1v) is 7.02. The SMILES string of the molecule is COc1cc(CN)ccc1Oc1nc2ccccc2s1. The number of thiazole rings is 1. The second-order valence-electron chi connectivity index (χ2n) is 4.24. The monoisotopic (exact) mass is 286 g/mol. The van der Waals surface area contributed by atoms with Gasteiger partial charge in [-0.1, -0.05) is 29.5 Å². The minimum absolute atomic E-state index is 0.470. The van der Waals surface area contributed by atoms with Crippen molar-refractivity contribution < 1.29 is 9.47 Å². The predicted octanol–water partition coefficient (Wildman–Crippen LogP) is 3.56. The number of rotatable bonds is 4. The largest absolute Gasteiger partial charge is 0.493 e. The van der Waals surface area contributed by atoms with E-state index in [-0.39, 0.29) is 0 Å². The first-order chi connectivity index (χ1) is 9.80. The Balaban J connectivity index is 1.93. The molecule has 20 heavy (non-hydrogen) atoms. The Morgan fingerprint density at radius 1 is 1.15 bits per heavy atom. The van der Waals surface area contributed by atoms with Crippen LogP contribution in [0, 0.1) is 0 Å². The van der Waals surface area contributed by atoms with Gasteiger partial charge in [0.2, 0.25) is 0 Å². The zero-order valence-corrected chi connectivity index (χ0v) is 11.8. The molecule has 5 heteroatoms. The maximum Gasteiger partial charge on any atom is 0.279 e. The van der Waals surface area contributed by atoms with Crippen LogP contribution in [0.25, 0.3) is 10.2 Å². The van der Waals surface area contributed by atoms with Crippen molar-refractivity contribution in [3.63, 3.8) is 0 Å². The minimum atomic E-state index is 0.470. The second-order valence-corrected chi connectivity index (χ2v) is 5.23. The zero-order chi connectivity index (χ0) is 13.9. The lowest BCUT2D eigenvalue weighted by Gasteiger charge is -2.09. The van der Waals surface area contributed by atoms with Crippen LogP contribution in [-0.4, -0.2) is 12.1 Å². The van der Waals surface area contributed by atoms with E-state index in [0.717, 1.165) is 15.8 Å². The molecular formula is C15H14N2O2S. The van der Waals surface area contributed by atoms with Crippen molar-refractivity contribution in [3.8, 4) is 16.7 Å². The van der Waals surface area contributed by atoms with E-state index >= 15 is 0 Å². The Hall–Kier alpha value is -2.11. The second kappa shape index (κ2) is 5.48. The van der Waals surface area contributed by atoms with Crippen LogP contribution in [0.1, 0.15) is 5.56 Å². The summed E-state index contributed by atoms with van der Waals surface area (Å²) in [6.45, 7) is 0.470. The van der Waals surface area contributed by atoms with E-state index in [9.17, 15) is 0 Å². The summed E-state index contributed by atoms with van der Waals surface area (Å²) in [6, 6.07) is 13.6. The van der Waals surface area contributed by atoms with Gasteiger partial charge in [0.1, 0.15) is 0 Å². The maximum absolute atomic E-state index is 5.83. The van der Waals surface area contributed by atoms with E-state index in [2.05, 4.69) is 4.98 Å². The molecule has 0 fully saturated rings. The van der Waals surface area contributed by atoms with Gasteiger partial charge in [0, 0.05) is 6.54 Å². The average molecular weight is 286 g/mol. The summed E-state index contributed by atoms with van der Waals surface area (Å²) in [7, 11) is 1.61. The highest BCUT2D eigenvalue weighted by molar-refractivity contribution is 7.20. The molecule has 0 atom stereocenters. The predicted molar refractivity (Wildman–Crippen MR) is 80.6 cm³/mol. The van der Waals surface area contributed by atoms with Gasteiger partial charge in [-0.05, 0) is 29.8 Å². The molecule has 0 aliphatic heterocycles. The number of ether oxygens (including phenoxy) is 2. The Labute approximate surface area is 120 Å². The van der Waals surface area contributed by atoms with Gasteiger partial charge in [-0.2, -0.15) is 0 Å². The Kier molecular flexibility index (Phi) is 3.54. The molecule has 1 aromatic heterocycles. The Bertz CT molecular complexity index is 707. The molecule has 0 radical (unpaired) electrons. The molecule has 0 bridgehead atoms. The highest BCUT2D eigenvalue weighted by Crippen LogP contribution is 2.36. The molecule has 4 nitrogen and oxygen atoms in total. The van der Waals surface area contributed by atoms with Crippen molar-refractivity contribution in [2.24, 2.45) is 5.73 Å². The molecule has 3 aromatic rings. The van der Waals surface area contributed by atoms with Gasteiger partial charge in [-0.15, -0.1) is 0 Å². The lowest BCUT2D eigenvalue weighted by Crippen LogP contribution is -1.97. The number of benzene rings is 2. The van der Waals surface area contributed by atoms with Crippen molar-refractivity contribution in [1.29, 1.82) is 0 Å². The molecule has 3 rings (SSSR count). The molecule has 0 amide bonds. The molecule has 102 valence electrons. The Morgan fingerprint density at radius 2 is 2.00 bits per heavy atom. The molecule has 0 aliphatic carbocycles. The lowest BCUT2D eigenvalue weighted by atomic mass is 10.2. The molecule has 0 saturated heterocycles. The first kappa shape index (κ1) is 12.9. The van der Waals surface area contributed by atoms with E-state index in [1.54, 1.807) is 7.11 Å². The van der Waals surface area contributed by atoms with E-state index in [4.69, 9.17) is 15.2 Å². The van der Waals surface area contributed by atoms with Crippen molar-refractivity contribution in [3.05, 3.63) is 48.0 Å². The fraction of sp³-hybridized carbons (Fsp3) is 0.133. The van der Waals surface area contributed by atoms with E-state index in [0.29, 0.717) is 23.2 Å². The van der Waals surface area contributed by atoms with Crippen molar-refractivity contribution in [1.82, 2.24) is 4.98 Å². The van der Waals surface area contributed by atoms with Crippen LogP contribution in [0.4, 0.5) is 0 Å². The summed E-state index contributed by atoms with van der Waals surface area (Å²) in [5.74, 6) is 1.30. The van der Waals surface area contributed by atoms with Gasteiger partial charge < -0.3 is 15.2 Å². The van der Waals surface area contributed by atoms with Crippen LogP contribution in [0.3, 0.4) is 0 Å². The molecule has 0 saturated carbocycles. The summed E-state index contributed by atoms with van der Waals surface area (Å²) in [4.78, 5) is 4.44. The maximum atomic E-state index is 5.83. The summed E-state index contributed by atoms with van der Waals surface area (Å²) in [6.07, 6.45) is 0. The number of aromatic nitrogens is 1. The smallest absolute Gasteiger partial charge is 0.279 e. The number of nitrogens with two attached hydrogens (primary N) is 1. The van der Waals surface area contributed by atoms with Crippen LogP contribution in [0.2, 0.25) is 0 Å². The third-order valence-corrected chi connectivity index (χ3v) is 3.85. The van der Waals surface area contributed by atoms with Gasteiger partial charge in [0.15, 0.2) is 11.5 Å². The highest BCUT2D eigenvalue weighted by Gasteiger charge is 2.10. The van der Waals surface area contributed by atoms with Gasteiger partial charge in [0.25, 0.3) is 5.19 Å². The van der Waals surface area contributed by atoms with Crippen LogP contribution < -0.4 is 15.2 Å². The summed E-state index contributed by atoms with van der Waals surface area (Å²) >= 11 is 1.51. The fourth-order valence-electron chi connectivity index (χ4n) is 1.91. The van der Waals surface area contributed by atoms with Crippen LogP contribution in [0.5, 0.6) is 16.7 Å². The van der Waals surface area contributed by atoms with Gasteiger partial charge in [-0.3, -0.25) is 0 Å². The topological polar surface area (TPSA) is 57.4 Å². The molecule has 2 N–H and O–H groups in total. The molecule has 2 aromatic carbocycles. The number of hydrogen-bond acceptors (Lipinski definition) is 5. The molecule has 0 spiro atoms. The van der Waals surface area contributed by atoms with Crippen molar-refractivity contribution in [2.45, 2.75) is 6.54 Å². The molecule has 1 heterocycles. The molecule has 0 unspecified atom stereocenters. The lowest BCUT2D eigenvalue weighted by molar-refractivity contribution is 0.378. The van der Waals surface area contributed by atoms with Crippen molar-refractivity contribution in [2.75, 3.05) is 7.11 Å². The van der Waals surface area contributed by atoms with E-state index < -0.39 is 0 Å². The summed E-state index contributed by atoms with van der Waals surface area (Å²) in [5.41, 5.74) is 7.55. The van der Waals surface area contributed by atoms with Crippen LogP contribution >= 0.6 is 11.3 Å². The molecular weight excluding hydrogens is 272 g/mol. The minimum Gasteiger partial charge on any atom is -0.493 e. The first-order valence-electron chi connectivity index (χ1n) is 6.20. The van der Waals surface area contributed by atoms with E-state index in [1.807, 2.05) is 42.5 Å².